The van der Waals surface area contributed by atoms with Crippen molar-refractivity contribution < 1.29 is 9.53 Å². The quantitative estimate of drug-likeness (QED) is 0.471. The van der Waals surface area contributed by atoms with Gasteiger partial charge in [-0.15, -0.1) is 0 Å². The fraction of sp³-hybridized carbons (Fsp3) is 0.182. The van der Waals surface area contributed by atoms with E-state index in [2.05, 4.69) is 40.2 Å². The molecule has 0 spiro atoms. The zero-order valence-corrected chi connectivity index (χ0v) is 15.5. The molecule has 134 valence electrons. The summed E-state index contributed by atoms with van der Waals surface area (Å²) in [6.07, 6.45) is 2.01. The third-order valence-electron chi connectivity index (χ3n) is 4.98. The second-order valence-electron chi connectivity index (χ2n) is 6.64. The van der Waals surface area contributed by atoms with Gasteiger partial charge in [-0.2, -0.15) is 4.99 Å². The van der Waals surface area contributed by atoms with Gasteiger partial charge in [-0.25, -0.2) is 0 Å². The number of fused-ring (bicyclic) bond motifs is 2. The van der Waals surface area contributed by atoms with Gasteiger partial charge < -0.3 is 9.64 Å². The van der Waals surface area contributed by atoms with Crippen molar-refractivity contribution in [2.24, 2.45) is 4.99 Å². The Balaban J connectivity index is 1.60. The van der Waals surface area contributed by atoms with Gasteiger partial charge in [0.25, 0.3) is 5.91 Å². The van der Waals surface area contributed by atoms with Crippen molar-refractivity contribution in [2.75, 3.05) is 26.3 Å². The highest BCUT2D eigenvalue weighted by atomic mass is 32.2. The van der Waals surface area contributed by atoms with Crippen LogP contribution in [0.5, 0.6) is 0 Å². The lowest BCUT2D eigenvalue weighted by Crippen LogP contribution is -2.38. The molecule has 5 heteroatoms. The fourth-order valence-electron chi connectivity index (χ4n) is 3.62. The van der Waals surface area contributed by atoms with Crippen molar-refractivity contribution in [1.29, 1.82) is 0 Å². The summed E-state index contributed by atoms with van der Waals surface area (Å²) in [5.74, 6) is -0.154. The first kappa shape index (κ1) is 16.5. The van der Waals surface area contributed by atoms with Crippen LogP contribution in [-0.4, -0.2) is 42.3 Å². The van der Waals surface area contributed by atoms with Crippen LogP contribution in [-0.2, 0) is 9.53 Å². The van der Waals surface area contributed by atoms with E-state index in [1.807, 2.05) is 30.3 Å². The van der Waals surface area contributed by atoms with Gasteiger partial charge in [0, 0.05) is 13.1 Å². The number of rotatable bonds is 1. The Kier molecular flexibility index (Phi) is 4.19. The van der Waals surface area contributed by atoms with E-state index in [-0.39, 0.29) is 5.91 Å². The Bertz CT molecular complexity index is 1060. The summed E-state index contributed by atoms with van der Waals surface area (Å²) in [6.45, 7) is 2.93. The van der Waals surface area contributed by atoms with Crippen LogP contribution in [0.4, 0.5) is 0 Å². The number of amidine groups is 1. The summed E-state index contributed by atoms with van der Waals surface area (Å²) in [6, 6.07) is 18.8. The molecule has 0 aromatic heterocycles. The van der Waals surface area contributed by atoms with Crippen molar-refractivity contribution >= 4 is 50.5 Å². The molecular weight excluding hydrogens is 356 g/mol. The van der Waals surface area contributed by atoms with E-state index in [1.165, 1.54) is 22.5 Å². The monoisotopic (exact) mass is 374 g/mol. The number of aliphatic imine (C=N–C) groups is 1. The zero-order valence-electron chi connectivity index (χ0n) is 14.7. The largest absolute Gasteiger partial charge is 0.378 e. The number of hydrogen-bond donors (Lipinski definition) is 0. The Morgan fingerprint density at radius 2 is 1.59 bits per heavy atom. The molecule has 1 saturated heterocycles. The molecular formula is C22H18N2O2S. The van der Waals surface area contributed by atoms with E-state index >= 15 is 0 Å². The Hall–Kier alpha value is -2.63. The molecule has 2 heterocycles. The molecule has 0 bridgehead atoms. The van der Waals surface area contributed by atoms with E-state index in [9.17, 15) is 4.79 Å². The highest BCUT2D eigenvalue weighted by Crippen LogP contribution is 2.35. The first-order valence-corrected chi connectivity index (χ1v) is 9.87. The molecule has 0 aliphatic carbocycles. The van der Waals surface area contributed by atoms with Crippen LogP contribution >= 0.6 is 11.8 Å². The van der Waals surface area contributed by atoms with Gasteiger partial charge in [-0.1, -0.05) is 48.5 Å². The average Bonchev–Trinajstić information content (AvgIpc) is 3.09. The minimum absolute atomic E-state index is 0.154. The Labute approximate surface area is 161 Å². The maximum atomic E-state index is 12.6. The van der Waals surface area contributed by atoms with Gasteiger partial charge in [-0.05, 0) is 51.0 Å². The van der Waals surface area contributed by atoms with Gasteiger partial charge in [0.1, 0.15) is 0 Å². The predicted octanol–water partition coefficient (Wildman–Crippen LogP) is 4.30. The molecule has 27 heavy (non-hydrogen) atoms. The average molecular weight is 374 g/mol. The number of ether oxygens (including phenoxy) is 1. The molecule has 4 nitrogen and oxygen atoms in total. The molecule has 0 radical (unpaired) electrons. The number of carbonyl (C=O) groups is 1. The van der Waals surface area contributed by atoms with Crippen LogP contribution in [0.15, 0.2) is 64.5 Å². The van der Waals surface area contributed by atoms with Crippen LogP contribution in [0.1, 0.15) is 5.56 Å². The smallest absolute Gasteiger partial charge is 0.286 e. The van der Waals surface area contributed by atoms with Crippen LogP contribution in [0, 0.1) is 0 Å². The van der Waals surface area contributed by atoms with Gasteiger partial charge in [0.15, 0.2) is 5.17 Å². The lowest BCUT2D eigenvalue weighted by Gasteiger charge is -2.27. The van der Waals surface area contributed by atoms with Gasteiger partial charge in [-0.3, -0.25) is 4.79 Å². The first-order chi connectivity index (χ1) is 13.3. The summed E-state index contributed by atoms with van der Waals surface area (Å²) in [4.78, 5) is 19.7. The molecule has 0 atom stereocenters. The van der Waals surface area contributed by atoms with Gasteiger partial charge >= 0.3 is 0 Å². The molecule has 3 aromatic carbocycles. The SMILES string of the molecule is O=C1N=C(N2CCOCC2)SC1=Cc1c2ccccc2cc2ccccc12. The maximum Gasteiger partial charge on any atom is 0.286 e. The first-order valence-electron chi connectivity index (χ1n) is 9.05. The number of benzene rings is 3. The van der Waals surface area contributed by atoms with E-state index in [0.29, 0.717) is 18.1 Å². The summed E-state index contributed by atoms with van der Waals surface area (Å²) >= 11 is 1.47. The highest BCUT2D eigenvalue weighted by Gasteiger charge is 2.27. The number of nitrogens with zero attached hydrogens (tertiary/aromatic N) is 2. The second-order valence-corrected chi connectivity index (χ2v) is 7.65. The van der Waals surface area contributed by atoms with E-state index in [1.54, 1.807) is 0 Å². The highest BCUT2D eigenvalue weighted by molar-refractivity contribution is 8.18. The van der Waals surface area contributed by atoms with Gasteiger partial charge in [0.2, 0.25) is 0 Å². The second kappa shape index (κ2) is 6.83. The lowest BCUT2D eigenvalue weighted by molar-refractivity contribution is -0.113. The van der Waals surface area contributed by atoms with Crippen molar-refractivity contribution in [1.82, 2.24) is 4.90 Å². The minimum atomic E-state index is -0.154. The van der Waals surface area contributed by atoms with Crippen LogP contribution in [0.25, 0.3) is 27.6 Å². The van der Waals surface area contributed by atoms with Gasteiger partial charge in [0.05, 0.1) is 18.1 Å². The summed E-state index contributed by atoms with van der Waals surface area (Å²) in [5.41, 5.74) is 1.08. The summed E-state index contributed by atoms with van der Waals surface area (Å²) in [5, 5.41) is 5.44. The standard InChI is InChI=1S/C22H18N2O2S/c25-21-20(27-22(23-21)24-9-11-26-12-10-24)14-19-17-7-3-1-5-15(17)13-16-6-2-4-8-18(16)19/h1-8,13-14H,9-12H2. The van der Waals surface area contributed by atoms with Crippen LogP contribution < -0.4 is 0 Å². The number of thioether (sulfide) groups is 1. The van der Waals surface area contributed by atoms with Crippen molar-refractivity contribution in [3.8, 4) is 0 Å². The lowest BCUT2D eigenvalue weighted by atomic mass is 9.96. The molecule has 0 saturated carbocycles. The third-order valence-corrected chi connectivity index (χ3v) is 6.02. The number of carbonyl (C=O) groups excluding carboxylic acids is 1. The molecule has 0 N–H and O–H groups in total. The molecule has 5 rings (SSSR count). The predicted molar refractivity (Wildman–Crippen MR) is 112 cm³/mol. The van der Waals surface area contributed by atoms with Crippen molar-refractivity contribution in [3.63, 3.8) is 0 Å². The zero-order chi connectivity index (χ0) is 18.2. The Morgan fingerprint density at radius 1 is 0.963 bits per heavy atom. The summed E-state index contributed by atoms with van der Waals surface area (Å²) < 4.78 is 5.40. The third kappa shape index (κ3) is 3.03. The Morgan fingerprint density at radius 3 is 2.26 bits per heavy atom. The molecule has 3 aromatic rings. The normalized spacial score (nSPS) is 19.3. The topological polar surface area (TPSA) is 41.9 Å². The van der Waals surface area contributed by atoms with E-state index in [4.69, 9.17) is 4.74 Å². The van der Waals surface area contributed by atoms with Crippen LogP contribution in [0.2, 0.25) is 0 Å². The van der Waals surface area contributed by atoms with Crippen LogP contribution in [0.3, 0.4) is 0 Å². The molecule has 1 amide bonds. The maximum absolute atomic E-state index is 12.6. The van der Waals surface area contributed by atoms with Crippen molar-refractivity contribution in [2.45, 2.75) is 0 Å². The summed E-state index contributed by atoms with van der Waals surface area (Å²) in [7, 11) is 0. The van der Waals surface area contributed by atoms with Crippen molar-refractivity contribution in [3.05, 3.63) is 65.1 Å². The molecule has 2 aliphatic rings. The minimum Gasteiger partial charge on any atom is -0.378 e. The number of hydrogen-bond acceptors (Lipinski definition) is 4. The number of morpholine rings is 1. The fourth-order valence-corrected chi connectivity index (χ4v) is 4.57. The van der Waals surface area contributed by atoms with E-state index in [0.717, 1.165) is 34.6 Å². The number of amides is 1. The molecule has 2 aliphatic heterocycles. The molecule has 1 fully saturated rings. The molecule has 0 unspecified atom stereocenters. The van der Waals surface area contributed by atoms with E-state index < -0.39 is 0 Å².